The van der Waals surface area contributed by atoms with Crippen LogP contribution in [0.1, 0.15) is 25.5 Å². The maximum Gasteiger partial charge on any atom is 0.439 e. The molecule has 1 aromatic rings. The van der Waals surface area contributed by atoms with Crippen LogP contribution in [0.25, 0.3) is 0 Å². The van der Waals surface area contributed by atoms with Crippen molar-refractivity contribution in [3.8, 4) is 0 Å². The number of cyclic esters (lactones) is 1. The van der Waals surface area contributed by atoms with Crippen LogP contribution >= 0.6 is 0 Å². The van der Waals surface area contributed by atoms with Gasteiger partial charge >= 0.3 is 6.09 Å². The summed E-state index contributed by atoms with van der Waals surface area (Å²) in [6, 6.07) is 6.14. The average molecular weight is 436 g/mol. The van der Waals surface area contributed by atoms with E-state index in [1.165, 1.54) is 14.0 Å². The highest BCUT2D eigenvalue weighted by Gasteiger charge is 2.47. The Morgan fingerprint density at radius 2 is 2.00 bits per heavy atom. The first kappa shape index (κ1) is 22.8. The van der Waals surface area contributed by atoms with Crippen molar-refractivity contribution >= 4 is 23.6 Å². The van der Waals surface area contributed by atoms with Crippen molar-refractivity contribution in [3.05, 3.63) is 29.8 Å². The number of ether oxygens (including phenoxy) is 2. The van der Waals surface area contributed by atoms with E-state index in [1.54, 1.807) is 12.1 Å². The summed E-state index contributed by atoms with van der Waals surface area (Å²) in [6.07, 6.45) is -2.12. The molecule has 5 unspecified atom stereocenters. The second kappa shape index (κ2) is 9.51. The van der Waals surface area contributed by atoms with E-state index < -0.39 is 30.1 Å². The maximum absolute atomic E-state index is 14.4. The van der Waals surface area contributed by atoms with E-state index in [-0.39, 0.29) is 17.6 Å². The number of carbonyl (C=O) groups excluding carboxylic acids is 3. The number of nitrogens with zero attached hydrogens (tertiary/aromatic N) is 2. The van der Waals surface area contributed by atoms with E-state index in [2.05, 4.69) is 17.1 Å². The smallest absolute Gasteiger partial charge is 0.439 e. The molecule has 3 rings (SSSR count). The quantitative estimate of drug-likeness (QED) is 0.596. The van der Waals surface area contributed by atoms with Gasteiger partial charge in [-0.2, -0.15) is 0 Å². The molecule has 2 aliphatic heterocycles. The summed E-state index contributed by atoms with van der Waals surface area (Å²) in [7, 11) is 1.48. The third-order valence-electron chi connectivity index (χ3n) is 6.11. The summed E-state index contributed by atoms with van der Waals surface area (Å²) in [5.74, 6) is -0.956. The van der Waals surface area contributed by atoms with Crippen molar-refractivity contribution in [1.29, 1.82) is 0 Å². The van der Waals surface area contributed by atoms with Crippen LogP contribution in [0.4, 0.5) is 15.0 Å². The van der Waals surface area contributed by atoms with E-state index in [9.17, 15) is 18.9 Å². The molecule has 0 aromatic heterocycles. The Morgan fingerprint density at radius 3 is 2.61 bits per heavy atom. The number of halogens is 1. The number of nitrogens with two attached hydrogens (primary N) is 1. The molecule has 2 saturated heterocycles. The molecular weight excluding hydrogens is 407 g/mol. The van der Waals surface area contributed by atoms with Gasteiger partial charge in [0.1, 0.15) is 18.8 Å². The van der Waals surface area contributed by atoms with E-state index >= 15 is 0 Å². The van der Waals surface area contributed by atoms with Crippen LogP contribution in [-0.2, 0) is 19.1 Å². The zero-order chi connectivity index (χ0) is 22.7. The van der Waals surface area contributed by atoms with Crippen molar-refractivity contribution in [2.24, 2.45) is 23.5 Å². The van der Waals surface area contributed by atoms with Crippen LogP contribution in [0, 0.1) is 17.8 Å². The molecule has 3 N–H and O–H groups in total. The molecular formula is C21H29FN4O5. The minimum atomic E-state index is -1.13. The van der Waals surface area contributed by atoms with Gasteiger partial charge in [0.25, 0.3) is 0 Å². The summed E-state index contributed by atoms with van der Waals surface area (Å²) >= 11 is 0. The molecule has 0 aliphatic carbocycles. The topological polar surface area (TPSA) is 114 Å². The number of primary amides is 1. The predicted octanol–water partition coefficient (Wildman–Crippen LogP) is 1.39. The summed E-state index contributed by atoms with van der Waals surface area (Å²) in [6.45, 7) is 5.86. The van der Waals surface area contributed by atoms with Crippen molar-refractivity contribution < 1.29 is 28.3 Å². The third-order valence-corrected chi connectivity index (χ3v) is 6.11. The average Bonchev–Trinajstić information content (AvgIpc) is 3.25. The number of methoxy groups -OCH3 is 1. The molecule has 0 radical (unpaired) electrons. The Balaban J connectivity index is 1.68. The molecule has 10 heteroatoms. The zero-order valence-corrected chi connectivity index (χ0v) is 17.9. The van der Waals surface area contributed by atoms with Crippen LogP contribution in [-0.4, -0.2) is 62.5 Å². The van der Waals surface area contributed by atoms with Crippen molar-refractivity contribution in [2.75, 3.05) is 38.3 Å². The number of nitrogens with one attached hydrogen (secondary N) is 1. The normalized spacial score (nSPS) is 26.6. The summed E-state index contributed by atoms with van der Waals surface area (Å²) in [4.78, 5) is 37.1. The first-order chi connectivity index (χ1) is 14.7. The van der Waals surface area contributed by atoms with E-state index in [0.717, 1.165) is 18.8 Å². The van der Waals surface area contributed by atoms with Crippen molar-refractivity contribution in [2.45, 2.75) is 26.0 Å². The molecule has 1 aromatic carbocycles. The standard InChI is InChI=1S/C21H29FN4O5/c1-12-9-25(10-15(12)8-24-17(27)11-30-3)16-6-4-14(5-7-16)18-19(13(2)20(23)28)31-21(29)26(18)22/h4-7,12-13,15,18-19H,8-11H2,1-3H3,(H2,23,28)(H,24,27). The molecule has 170 valence electrons. The van der Waals surface area contributed by atoms with Crippen molar-refractivity contribution in [3.63, 3.8) is 0 Å². The third kappa shape index (κ3) is 4.90. The van der Waals surface area contributed by atoms with Gasteiger partial charge in [0.15, 0.2) is 0 Å². The number of hydrogen-bond donors (Lipinski definition) is 2. The molecule has 0 saturated carbocycles. The highest BCUT2D eigenvalue weighted by atomic mass is 19.2. The van der Waals surface area contributed by atoms with Gasteiger partial charge in [-0.3, -0.25) is 9.59 Å². The first-order valence-corrected chi connectivity index (χ1v) is 10.3. The van der Waals surface area contributed by atoms with E-state index in [4.69, 9.17) is 15.2 Å². The van der Waals surface area contributed by atoms with Crippen LogP contribution in [0.5, 0.6) is 0 Å². The molecule has 0 spiro atoms. The SMILES string of the molecule is COCC(=O)NCC1CN(c2ccc(C3C(C(C)C(N)=O)OC(=O)N3F)cc2)CC1C. The van der Waals surface area contributed by atoms with E-state index in [1.807, 2.05) is 12.1 Å². The molecule has 2 fully saturated rings. The monoisotopic (exact) mass is 436 g/mol. The van der Waals surface area contributed by atoms with Gasteiger partial charge in [0.05, 0.1) is 5.92 Å². The molecule has 5 atom stereocenters. The molecule has 31 heavy (non-hydrogen) atoms. The van der Waals surface area contributed by atoms with Gasteiger partial charge in [-0.25, -0.2) is 4.79 Å². The maximum atomic E-state index is 14.4. The lowest BCUT2D eigenvalue weighted by molar-refractivity contribution is -0.125. The highest BCUT2D eigenvalue weighted by molar-refractivity contribution is 5.79. The number of rotatable bonds is 8. The number of benzene rings is 1. The molecule has 3 amide bonds. The summed E-state index contributed by atoms with van der Waals surface area (Å²) in [5.41, 5.74) is 6.80. The van der Waals surface area contributed by atoms with Gasteiger partial charge in [0.2, 0.25) is 11.8 Å². The first-order valence-electron chi connectivity index (χ1n) is 10.3. The fourth-order valence-corrected chi connectivity index (χ4v) is 4.15. The van der Waals surface area contributed by atoms with Crippen LogP contribution in [0.2, 0.25) is 0 Å². The minimum absolute atomic E-state index is 0.00969. The second-order valence-electron chi connectivity index (χ2n) is 8.27. The van der Waals surface area contributed by atoms with E-state index in [0.29, 0.717) is 23.9 Å². The Hall–Kier alpha value is -2.88. The molecule has 2 heterocycles. The largest absolute Gasteiger partial charge is 0.441 e. The molecule has 2 aliphatic rings. The fourth-order valence-electron chi connectivity index (χ4n) is 4.15. The lowest BCUT2D eigenvalue weighted by Gasteiger charge is -2.24. The van der Waals surface area contributed by atoms with Crippen LogP contribution in [0.3, 0.4) is 0 Å². The lowest BCUT2D eigenvalue weighted by atomic mass is 9.92. The highest BCUT2D eigenvalue weighted by Crippen LogP contribution is 2.38. The number of amides is 3. The Morgan fingerprint density at radius 1 is 1.32 bits per heavy atom. The summed E-state index contributed by atoms with van der Waals surface area (Å²) in [5, 5.41) is 2.90. The predicted molar refractivity (Wildman–Crippen MR) is 111 cm³/mol. The second-order valence-corrected chi connectivity index (χ2v) is 8.27. The lowest BCUT2D eigenvalue weighted by Crippen LogP contribution is -2.35. The van der Waals surface area contributed by atoms with Gasteiger partial charge in [-0.1, -0.05) is 23.5 Å². The fraction of sp³-hybridized carbons (Fsp3) is 0.571. The van der Waals surface area contributed by atoms with Crippen molar-refractivity contribution in [1.82, 2.24) is 10.4 Å². The summed E-state index contributed by atoms with van der Waals surface area (Å²) < 4.78 is 24.3. The zero-order valence-electron chi connectivity index (χ0n) is 17.9. The Bertz CT molecular complexity index is 820. The minimum Gasteiger partial charge on any atom is -0.441 e. The van der Waals surface area contributed by atoms with Crippen LogP contribution in [0.15, 0.2) is 24.3 Å². The van der Waals surface area contributed by atoms with Crippen LogP contribution < -0.4 is 16.0 Å². The Kier molecular flexibility index (Phi) is 6.99. The number of anilines is 1. The van der Waals surface area contributed by atoms with Gasteiger partial charge in [0, 0.05) is 32.4 Å². The van der Waals surface area contributed by atoms with Gasteiger partial charge in [-0.05, 0) is 36.5 Å². The number of carbonyl (C=O) groups is 3. The number of hydrogen-bond acceptors (Lipinski definition) is 6. The van der Waals surface area contributed by atoms with Gasteiger partial charge in [-0.15, -0.1) is 5.12 Å². The Labute approximate surface area is 180 Å². The molecule has 9 nitrogen and oxygen atoms in total. The molecule has 0 bridgehead atoms. The van der Waals surface area contributed by atoms with Gasteiger partial charge < -0.3 is 25.4 Å².